The van der Waals surface area contributed by atoms with Crippen molar-refractivity contribution in [3.05, 3.63) is 24.3 Å². The summed E-state index contributed by atoms with van der Waals surface area (Å²) >= 11 is 0. The van der Waals surface area contributed by atoms with Gasteiger partial charge in [0.25, 0.3) is 11.8 Å². The molecule has 7 atom stereocenters. The number of Topliss-reactive ketones (excluding diaryl/α,β-unsaturated/α-hetero) is 1. The Labute approximate surface area is 288 Å². The van der Waals surface area contributed by atoms with Crippen LogP contribution in [0.1, 0.15) is 115 Å². The molecule has 268 valence electrons. The molecule has 0 bridgehead atoms. The van der Waals surface area contributed by atoms with E-state index >= 15 is 0 Å². The van der Waals surface area contributed by atoms with E-state index in [0.717, 1.165) is 64.2 Å². The van der Waals surface area contributed by atoms with E-state index in [1.54, 1.807) is 4.90 Å². The fraction of sp³-hybridized carbons (Fsp3) is 0.722. The van der Waals surface area contributed by atoms with Crippen molar-refractivity contribution < 1.29 is 28.8 Å². The molecule has 4 N–H and O–H groups in total. The Hall–Kier alpha value is -3.90. The summed E-state index contributed by atoms with van der Waals surface area (Å²) in [5.74, 6) is -3.36. The van der Waals surface area contributed by atoms with E-state index in [4.69, 9.17) is 0 Å². The Balaban J connectivity index is 1.35. The van der Waals surface area contributed by atoms with Gasteiger partial charge in [0, 0.05) is 25.0 Å². The second kappa shape index (κ2) is 16.7. The standard InChI is InChI=1S/C36H53N7O6/c1-4-10-26(31(44)35(48)39-24-15-16-24)40-34(47)30-25-14-9-13-23(25)20-43(30)36(49)28(21(3)5-2)41-33(46)29(22-11-7-6-8-12-22)42-32(45)27-19-37-17-18-38-27/h17-19,21-26,28-30H,4-16,20H2,1-3H3,(H,39,48)(H,40,47)(H,41,46)(H,42,45)/t21?,23?,25-,26-,28-,29-,30-/m0/s1. The van der Waals surface area contributed by atoms with Crippen LogP contribution < -0.4 is 21.3 Å². The third kappa shape index (κ3) is 8.83. The van der Waals surface area contributed by atoms with Crippen molar-refractivity contribution in [1.29, 1.82) is 0 Å². The molecule has 1 saturated heterocycles. The molecule has 0 radical (unpaired) electrons. The molecule has 5 amide bonds. The van der Waals surface area contributed by atoms with Gasteiger partial charge in [-0.05, 0) is 68.6 Å². The number of carbonyl (C=O) groups excluding carboxylic acids is 6. The fourth-order valence-corrected chi connectivity index (χ4v) is 7.93. The highest BCUT2D eigenvalue weighted by molar-refractivity contribution is 6.38. The number of nitrogens with zero attached hydrogens (tertiary/aromatic N) is 3. The maximum atomic E-state index is 14.5. The molecular weight excluding hydrogens is 626 g/mol. The van der Waals surface area contributed by atoms with E-state index in [2.05, 4.69) is 31.2 Å². The molecule has 1 aliphatic heterocycles. The molecular formula is C36H53N7O6. The van der Waals surface area contributed by atoms with Crippen LogP contribution in [0, 0.1) is 23.7 Å². The number of hydrogen-bond donors (Lipinski definition) is 4. The van der Waals surface area contributed by atoms with Gasteiger partial charge in [0.15, 0.2) is 0 Å². The topological polar surface area (TPSA) is 180 Å². The zero-order valence-electron chi connectivity index (χ0n) is 29.1. The third-order valence-electron chi connectivity index (χ3n) is 11.1. The lowest BCUT2D eigenvalue weighted by Gasteiger charge is -2.35. The number of ketones is 1. The van der Waals surface area contributed by atoms with Gasteiger partial charge < -0.3 is 26.2 Å². The van der Waals surface area contributed by atoms with Gasteiger partial charge >= 0.3 is 0 Å². The minimum absolute atomic E-state index is 0.0161. The van der Waals surface area contributed by atoms with Gasteiger partial charge in [-0.25, -0.2) is 4.98 Å². The van der Waals surface area contributed by atoms with Crippen molar-refractivity contribution in [2.24, 2.45) is 23.7 Å². The summed E-state index contributed by atoms with van der Waals surface area (Å²) in [6.45, 7) is 6.12. The number of fused-ring (bicyclic) bond motifs is 1. The molecule has 2 unspecified atom stereocenters. The summed E-state index contributed by atoms with van der Waals surface area (Å²) in [4.78, 5) is 91.3. The maximum absolute atomic E-state index is 14.5. The minimum Gasteiger partial charge on any atom is -0.347 e. The van der Waals surface area contributed by atoms with Gasteiger partial charge in [-0.15, -0.1) is 0 Å². The molecule has 0 aromatic carbocycles. The smallest absolute Gasteiger partial charge is 0.289 e. The monoisotopic (exact) mass is 679 g/mol. The number of amides is 5. The Morgan fingerprint density at radius 2 is 1.65 bits per heavy atom. The first-order valence-electron chi connectivity index (χ1n) is 18.5. The number of hydrogen-bond acceptors (Lipinski definition) is 8. The minimum atomic E-state index is -0.979. The number of rotatable bonds is 15. The molecule has 1 aromatic heterocycles. The highest BCUT2D eigenvalue weighted by Gasteiger charge is 2.51. The molecule has 3 aliphatic carbocycles. The summed E-state index contributed by atoms with van der Waals surface area (Å²) < 4.78 is 0. The van der Waals surface area contributed by atoms with Gasteiger partial charge in [0.1, 0.15) is 23.8 Å². The van der Waals surface area contributed by atoms with Crippen LogP contribution in [0.3, 0.4) is 0 Å². The van der Waals surface area contributed by atoms with E-state index < -0.39 is 53.6 Å². The fourth-order valence-electron chi connectivity index (χ4n) is 7.93. The molecule has 49 heavy (non-hydrogen) atoms. The molecule has 4 fully saturated rings. The Bertz CT molecular complexity index is 1360. The number of likely N-dealkylation sites (tertiary alicyclic amines) is 1. The van der Waals surface area contributed by atoms with Crippen LogP contribution in [0.2, 0.25) is 0 Å². The van der Waals surface area contributed by atoms with Crippen LogP contribution in [0.5, 0.6) is 0 Å². The zero-order valence-corrected chi connectivity index (χ0v) is 29.1. The molecule has 0 spiro atoms. The lowest BCUT2D eigenvalue weighted by atomic mass is 9.83. The van der Waals surface area contributed by atoms with Crippen molar-refractivity contribution in [2.75, 3.05) is 6.54 Å². The Morgan fingerprint density at radius 3 is 2.31 bits per heavy atom. The van der Waals surface area contributed by atoms with Crippen LogP contribution in [-0.4, -0.2) is 86.9 Å². The van der Waals surface area contributed by atoms with E-state index in [9.17, 15) is 28.8 Å². The summed E-state index contributed by atoms with van der Waals surface area (Å²) in [6.07, 6.45) is 14.5. The second-order valence-electron chi connectivity index (χ2n) is 14.6. The summed E-state index contributed by atoms with van der Waals surface area (Å²) in [7, 11) is 0. The summed E-state index contributed by atoms with van der Waals surface area (Å²) in [5.41, 5.74) is 0.105. The molecule has 5 rings (SSSR count). The lowest BCUT2D eigenvalue weighted by molar-refractivity contribution is -0.145. The molecule has 13 heteroatoms. The molecule has 3 saturated carbocycles. The van der Waals surface area contributed by atoms with Gasteiger partial charge in [-0.1, -0.05) is 59.3 Å². The summed E-state index contributed by atoms with van der Waals surface area (Å²) in [5, 5.41) is 11.5. The van der Waals surface area contributed by atoms with Gasteiger partial charge in [0.05, 0.1) is 12.2 Å². The SMILES string of the molecule is CCC[C@H](NC(=O)[C@@H]1[C@H]2CCCC2CN1C(=O)[C@@H](NC(=O)[C@@H](NC(=O)c1cnccn1)C1CCCCC1)C(C)CC)C(=O)C(=O)NC1CC1. The zero-order chi connectivity index (χ0) is 35.1. The van der Waals surface area contributed by atoms with E-state index in [1.807, 2.05) is 20.8 Å². The highest BCUT2D eigenvalue weighted by atomic mass is 16.2. The van der Waals surface area contributed by atoms with Crippen molar-refractivity contribution in [3.63, 3.8) is 0 Å². The number of nitrogens with one attached hydrogen (secondary N) is 4. The summed E-state index contributed by atoms with van der Waals surface area (Å²) in [6, 6.07) is -3.57. The van der Waals surface area contributed by atoms with Crippen LogP contribution in [-0.2, 0) is 24.0 Å². The van der Waals surface area contributed by atoms with Crippen LogP contribution in [0.25, 0.3) is 0 Å². The lowest BCUT2D eigenvalue weighted by Crippen LogP contribution is -2.61. The van der Waals surface area contributed by atoms with Gasteiger partial charge in [-0.2, -0.15) is 0 Å². The van der Waals surface area contributed by atoms with Crippen molar-refractivity contribution in [2.45, 2.75) is 134 Å². The quantitative estimate of drug-likeness (QED) is 0.204. The molecule has 13 nitrogen and oxygen atoms in total. The number of carbonyl (C=O) groups is 6. The average Bonchev–Trinajstić information content (AvgIpc) is 3.69. The molecule has 2 heterocycles. The number of aromatic nitrogens is 2. The Kier molecular flexibility index (Phi) is 12.4. The van der Waals surface area contributed by atoms with E-state index in [1.165, 1.54) is 18.6 Å². The predicted molar refractivity (Wildman–Crippen MR) is 181 cm³/mol. The van der Waals surface area contributed by atoms with Gasteiger partial charge in [-0.3, -0.25) is 33.8 Å². The largest absolute Gasteiger partial charge is 0.347 e. The molecule has 4 aliphatic rings. The van der Waals surface area contributed by atoms with E-state index in [-0.39, 0.29) is 41.3 Å². The Morgan fingerprint density at radius 1 is 0.898 bits per heavy atom. The predicted octanol–water partition coefficient (Wildman–Crippen LogP) is 2.45. The van der Waals surface area contributed by atoms with Crippen LogP contribution in [0.4, 0.5) is 0 Å². The maximum Gasteiger partial charge on any atom is 0.289 e. The average molecular weight is 680 g/mol. The van der Waals surface area contributed by atoms with Crippen molar-refractivity contribution in [3.8, 4) is 0 Å². The molecule has 1 aromatic rings. The van der Waals surface area contributed by atoms with E-state index in [0.29, 0.717) is 25.8 Å². The first-order chi connectivity index (χ1) is 23.6. The van der Waals surface area contributed by atoms with Crippen LogP contribution in [0.15, 0.2) is 18.6 Å². The first kappa shape index (κ1) is 36.4. The normalized spacial score (nSPS) is 24.6. The third-order valence-corrected chi connectivity index (χ3v) is 11.1. The highest BCUT2D eigenvalue weighted by Crippen LogP contribution is 2.43. The van der Waals surface area contributed by atoms with Gasteiger partial charge in [0.2, 0.25) is 23.5 Å². The van der Waals surface area contributed by atoms with Crippen molar-refractivity contribution in [1.82, 2.24) is 36.1 Å². The first-order valence-corrected chi connectivity index (χ1v) is 18.5. The second-order valence-corrected chi connectivity index (χ2v) is 14.6. The van der Waals surface area contributed by atoms with Crippen molar-refractivity contribution >= 4 is 35.3 Å². The van der Waals surface area contributed by atoms with Crippen LogP contribution >= 0.6 is 0 Å².